The van der Waals surface area contributed by atoms with Gasteiger partial charge in [-0.3, -0.25) is 9.10 Å². The first-order chi connectivity index (χ1) is 18.2. The van der Waals surface area contributed by atoms with Gasteiger partial charge in [-0.05, 0) is 74.4 Å². The third kappa shape index (κ3) is 7.14. The smallest absolute Gasteiger partial charge is 0.264 e. The number of sulfonamides is 1. The third-order valence-electron chi connectivity index (χ3n) is 5.43. The Balaban J connectivity index is 1.83. The molecule has 0 spiro atoms. The van der Waals surface area contributed by atoms with Gasteiger partial charge in [-0.15, -0.1) is 0 Å². The Hall–Kier alpha value is -3.82. The van der Waals surface area contributed by atoms with Gasteiger partial charge in [-0.25, -0.2) is 13.8 Å². The summed E-state index contributed by atoms with van der Waals surface area (Å²) in [5, 5.41) is 4.39. The van der Waals surface area contributed by atoms with Crippen molar-refractivity contribution in [1.82, 2.24) is 5.43 Å². The lowest BCUT2D eigenvalue weighted by Gasteiger charge is -2.25. The maximum Gasteiger partial charge on any atom is 0.264 e. The molecule has 3 aromatic rings. The van der Waals surface area contributed by atoms with E-state index in [1.807, 2.05) is 13.8 Å². The molecule has 0 bridgehead atoms. The van der Waals surface area contributed by atoms with Crippen LogP contribution in [0.2, 0.25) is 5.02 Å². The highest BCUT2D eigenvalue weighted by atomic mass is 35.5. The monoisotopic (exact) mass is 555 g/mol. The largest absolute Gasteiger partial charge is 0.490 e. The summed E-state index contributed by atoms with van der Waals surface area (Å²) in [5.74, 6) is 0.450. The molecule has 0 heterocycles. The van der Waals surface area contributed by atoms with Gasteiger partial charge in [0.15, 0.2) is 11.5 Å². The molecule has 0 radical (unpaired) electrons. The molecule has 0 aliphatic rings. The molecule has 0 atom stereocenters. The van der Waals surface area contributed by atoms with Gasteiger partial charge in [0.1, 0.15) is 13.2 Å². The molecule has 0 fully saturated rings. The van der Waals surface area contributed by atoms with Gasteiger partial charge < -0.3 is 9.47 Å². The number of halogens is 1. The predicted molar refractivity (Wildman–Crippen MR) is 151 cm³/mol. The molecular formula is C28H30ClN3O5S. The molecule has 1 N–H and O–H groups in total. The fourth-order valence-electron chi connectivity index (χ4n) is 3.49. The number of hydrogen-bond donors (Lipinski definition) is 1. The molecule has 0 saturated heterocycles. The average molecular weight is 556 g/mol. The minimum Gasteiger partial charge on any atom is -0.490 e. The van der Waals surface area contributed by atoms with Gasteiger partial charge in [0.05, 0.1) is 23.4 Å². The summed E-state index contributed by atoms with van der Waals surface area (Å²) in [6, 6.07) is 16.5. The van der Waals surface area contributed by atoms with Crippen LogP contribution in [-0.4, -0.2) is 40.3 Å². The van der Waals surface area contributed by atoms with Crippen LogP contribution >= 0.6 is 11.6 Å². The van der Waals surface area contributed by atoms with Crippen LogP contribution < -0.4 is 19.2 Å². The molecule has 0 aliphatic carbocycles. The quantitative estimate of drug-likeness (QED) is 0.187. The second-order valence-corrected chi connectivity index (χ2v) is 10.5. The lowest BCUT2D eigenvalue weighted by Crippen LogP contribution is -2.40. The fraction of sp³-hybridized carbons (Fsp3) is 0.214. The van der Waals surface area contributed by atoms with E-state index in [1.165, 1.54) is 18.3 Å². The number of hydrazone groups is 1. The summed E-state index contributed by atoms with van der Waals surface area (Å²) in [7, 11) is -4.08. The van der Waals surface area contributed by atoms with E-state index in [9.17, 15) is 13.2 Å². The van der Waals surface area contributed by atoms with Crippen LogP contribution in [0.3, 0.4) is 0 Å². The van der Waals surface area contributed by atoms with Gasteiger partial charge in [0, 0.05) is 5.02 Å². The molecule has 3 rings (SSSR count). The van der Waals surface area contributed by atoms with E-state index in [2.05, 4.69) is 17.1 Å². The van der Waals surface area contributed by atoms with E-state index >= 15 is 0 Å². The van der Waals surface area contributed by atoms with Crippen LogP contribution in [0.5, 0.6) is 11.5 Å². The first-order valence-electron chi connectivity index (χ1n) is 11.8. The summed E-state index contributed by atoms with van der Waals surface area (Å²) < 4.78 is 39.4. The zero-order valence-corrected chi connectivity index (χ0v) is 23.1. The zero-order valence-electron chi connectivity index (χ0n) is 21.5. The number of carbonyl (C=O) groups is 1. The molecule has 0 aromatic heterocycles. The number of rotatable bonds is 12. The Kier molecular flexibility index (Phi) is 9.92. The first kappa shape index (κ1) is 28.7. The zero-order chi connectivity index (χ0) is 27.7. The van der Waals surface area contributed by atoms with Crippen molar-refractivity contribution in [1.29, 1.82) is 0 Å². The van der Waals surface area contributed by atoms with Gasteiger partial charge >= 0.3 is 0 Å². The van der Waals surface area contributed by atoms with Crippen LogP contribution in [0.15, 0.2) is 83.3 Å². The molecule has 38 heavy (non-hydrogen) atoms. The lowest BCUT2D eigenvalue weighted by atomic mass is 10.2. The number of aryl methyl sites for hydroxylation is 1. The number of nitrogens with zero attached hydrogens (tertiary/aromatic N) is 2. The number of nitrogens with one attached hydrogen (secondary N) is 1. The highest BCUT2D eigenvalue weighted by Gasteiger charge is 2.28. The van der Waals surface area contributed by atoms with Crippen LogP contribution in [0.1, 0.15) is 23.6 Å². The van der Waals surface area contributed by atoms with Crippen molar-refractivity contribution >= 4 is 39.4 Å². The van der Waals surface area contributed by atoms with E-state index in [0.29, 0.717) is 46.5 Å². The van der Waals surface area contributed by atoms with Gasteiger partial charge in [-0.2, -0.15) is 5.10 Å². The van der Waals surface area contributed by atoms with Crippen LogP contribution in [0.25, 0.3) is 0 Å². The highest BCUT2D eigenvalue weighted by molar-refractivity contribution is 7.92. The Bertz CT molecular complexity index is 1420. The summed E-state index contributed by atoms with van der Waals surface area (Å²) in [6.07, 6.45) is 3.06. The molecule has 1 amide bonds. The second-order valence-electron chi connectivity index (χ2n) is 8.24. The molecule has 0 unspecified atom stereocenters. The number of anilines is 1. The third-order valence-corrected chi connectivity index (χ3v) is 7.61. The van der Waals surface area contributed by atoms with E-state index in [-0.39, 0.29) is 4.90 Å². The first-order valence-corrected chi connectivity index (χ1v) is 13.7. The molecule has 0 saturated carbocycles. The topological polar surface area (TPSA) is 97.3 Å². The Morgan fingerprint density at radius 2 is 1.82 bits per heavy atom. The maximum absolute atomic E-state index is 13.6. The van der Waals surface area contributed by atoms with E-state index in [0.717, 1.165) is 9.87 Å². The summed E-state index contributed by atoms with van der Waals surface area (Å²) in [5.41, 5.74) is 4.79. The van der Waals surface area contributed by atoms with E-state index in [1.54, 1.807) is 61.5 Å². The minimum absolute atomic E-state index is 0.0565. The lowest BCUT2D eigenvalue weighted by molar-refractivity contribution is -0.119. The van der Waals surface area contributed by atoms with Crippen molar-refractivity contribution in [3.05, 3.63) is 95.0 Å². The molecular weight excluding hydrogens is 526 g/mol. The van der Waals surface area contributed by atoms with Gasteiger partial charge in [0.2, 0.25) is 0 Å². The average Bonchev–Trinajstić information content (AvgIpc) is 2.89. The molecule has 10 heteroatoms. The highest BCUT2D eigenvalue weighted by Crippen LogP contribution is 2.31. The maximum atomic E-state index is 13.6. The van der Waals surface area contributed by atoms with Crippen molar-refractivity contribution in [2.45, 2.75) is 25.7 Å². The van der Waals surface area contributed by atoms with Crippen LogP contribution in [-0.2, 0) is 14.8 Å². The second kappa shape index (κ2) is 13.1. The van der Waals surface area contributed by atoms with Crippen molar-refractivity contribution in [2.75, 3.05) is 24.1 Å². The summed E-state index contributed by atoms with van der Waals surface area (Å²) in [4.78, 5) is 12.9. The number of amides is 1. The summed E-state index contributed by atoms with van der Waals surface area (Å²) in [6.45, 7) is 9.32. The van der Waals surface area contributed by atoms with Crippen molar-refractivity contribution in [3.63, 3.8) is 0 Å². The fourth-order valence-corrected chi connectivity index (χ4v) is 5.14. The molecule has 0 aliphatic heterocycles. The predicted octanol–water partition coefficient (Wildman–Crippen LogP) is 5.27. The van der Waals surface area contributed by atoms with Crippen molar-refractivity contribution in [2.24, 2.45) is 5.10 Å². The summed E-state index contributed by atoms with van der Waals surface area (Å²) >= 11 is 6.27. The van der Waals surface area contributed by atoms with Crippen LogP contribution in [0, 0.1) is 13.8 Å². The molecule has 8 nitrogen and oxygen atoms in total. The Labute approximate surface area is 228 Å². The Morgan fingerprint density at radius 3 is 2.50 bits per heavy atom. The number of hydrogen-bond acceptors (Lipinski definition) is 6. The SMILES string of the molecule is C=CCOc1ccc(/C=N\NC(=O)CN(c2cccc(Cl)c2C)S(=O)(=O)c2ccc(C)cc2)cc1OCC. The van der Waals surface area contributed by atoms with Crippen molar-refractivity contribution < 1.29 is 22.7 Å². The number of carbonyl (C=O) groups excluding carboxylic acids is 1. The van der Waals surface area contributed by atoms with Crippen molar-refractivity contribution in [3.8, 4) is 11.5 Å². The van der Waals surface area contributed by atoms with Gasteiger partial charge in [-0.1, -0.05) is 48.0 Å². The normalized spacial score (nSPS) is 11.3. The standard InChI is InChI=1S/C28H30ClN3O5S/c1-5-16-37-26-15-12-22(17-27(26)36-6-2)18-30-31-28(33)19-32(25-9-7-8-24(29)21(25)4)38(34,35)23-13-10-20(3)11-14-23/h5,7-15,17-18H,1,6,16,19H2,2-4H3,(H,31,33)/b30-18-. The van der Waals surface area contributed by atoms with Crippen LogP contribution in [0.4, 0.5) is 5.69 Å². The Morgan fingerprint density at radius 1 is 1.08 bits per heavy atom. The number of benzene rings is 3. The molecule has 200 valence electrons. The number of ether oxygens (including phenoxy) is 2. The van der Waals surface area contributed by atoms with E-state index in [4.69, 9.17) is 21.1 Å². The minimum atomic E-state index is -4.08. The van der Waals surface area contributed by atoms with Gasteiger partial charge in [0.25, 0.3) is 15.9 Å². The van der Waals surface area contributed by atoms with E-state index < -0.39 is 22.5 Å². The molecule has 3 aromatic carbocycles.